The summed E-state index contributed by atoms with van der Waals surface area (Å²) in [6.07, 6.45) is 1.40. The molecule has 2 aromatic carbocycles. The maximum absolute atomic E-state index is 11.8. The minimum atomic E-state index is -0.391. The van der Waals surface area contributed by atoms with E-state index in [1.54, 1.807) is 55.6 Å². The van der Waals surface area contributed by atoms with Gasteiger partial charge in [0.1, 0.15) is 17.2 Å². The van der Waals surface area contributed by atoms with Gasteiger partial charge in [-0.3, -0.25) is 9.59 Å². The molecule has 2 rings (SSSR count). The Labute approximate surface area is 134 Å². The fraction of sp³-hybridized carbons (Fsp3) is 0.222. The van der Waals surface area contributed by atoms with Crippen molar-refractivity contribution in [2.45, 2.75) is 12.8 Å². The first-order valence-corrected chi connectivity index (χ1v) is 7.24. The van der Waals surface area contributed by atoms with Gasteiger partial charge in [-0.2, -0.15) is 0 Å². The molecule has 0 aliphatic heterocycles. The lowest BCUT2D eigenvalue weighted by Gasteiger charge is -2.08. The number of carbonyl (C=O) groups excluding carboxylic acids is 2. The lowest BCUT2D eigenvalue weighted by atomic mass is 10.2. The van der Waals surface area contributed by atoms with E-state index >= 15 is 0 Å². The minimum Gasteiger partial charge on any atom is -0.497 e. The maximum Gasteiger partial charge on any atom is 0.311 e. The van der Waals surface area contributed by atoms with Crippen LogP contribution < -0.4 is 14.2 Å². The Morgan fingerprint density at radius 3 is 2.43 bits per heavy atom. The van der Waals surface area contributed by atoms with Crippen molar-refractivity contribution in [3.63, 3.8) is 0 Å². The van der Waals surface area contributed by atoms with E-state index in [-0.39, 0.29) is 12.2 Å². The first-order chi connectivity index (χ1) is 11.2. The summed E-state index contributed by atoms with van der Waals surface area (Å²) in [7, 11) is 1.60. The highest BCUT2D eigenvalue weighted by Crippen LogP contribution is 2.18. The third-order valence-corrected chi connectivity index (χ3v) is 3.12. The van der Waals surface area contributed by atoms with E-state index in [0.29, 0.717) is 30.6 Å². The molecule has 0 amide bonds. The van der Waals surface area contributed by atoms with Crippen molar-refractivity contribution in [1.82, 2.24) is 0 Å². The Morgan fingerprint density at radius 1 is 1.04 bits per heavy atom. The van der Waals surface area contributed by atoms with Gasteiger partial charge in [0, 0.05) is 6.42 Å². The van der Waals surface area contributed by atoms with E-state index in [9.17, 15) is 9.59 Å². The Kier molecular flexibility index (Phi) is 6.17. The zero-order chi connectivity index (χ0) is 16.5. The molecular weight excluding hydrogens is 296 g/mol. The predicted molar refractivity (Wildman–Crippen MR) is 85.2 cm³/mol. The third-order valence-electron chi connectivity index (χ3n) is 3.12. The average molecular weight is 314 g/mol. The monoisotopic (exact) mass is 314 g/mol. The van der Waals surface area contributed by atoms with Crippen LogP contribution in [0, 0.1) is 0 Å². The summed E-state index contributed by atoms with van der Waals surface area (Å²) in [5, 5.41) is 0. The molecule has 0 unspecified atom stereocenters. The van der Waals surface area contributed by atoms with Gasteiger partial charge in [-0.05, 0) is 42.8 Å². The van der Waals surface area contributed by atoms with Gasteiger partial charge in [0.05, 0.1) is 19.3 Å². The van der Waals surface area contributed by atoms with Crippen LogP contribution in [0.25, 0.3) is 0 Å². The SMILES string of the molecule is COc1ccc(OCCCC(=O)Oc2ccccc2C=O)cc1. The van der Waals surface area contributed by atoms with Gasteiger partial charge in [0.15, 0.2) is 6.29 Å². The summed E-state index contributed by atoms with van der Waals surface area (Å²) >= 11 is 0. The standard InChI is InChI=1S/C18H18O5/c1-21-15-8-10-16(11-9-15)22-12-4-7-18(20)23-17-6-3-2-5-14(17)13-19/h2-3,5-6,8-11,13H,4,7,12H2,1H3. The number of para-hydroxylation sites is 1. The Bertz CT molecular complexity index is 649. The van der Waals surface area contributed by atoms with E-state index in [1.165, 1.54) is 0 Å². The van der Waals surface area contributed by atoms with Gasteiger partial charge in [0.25, 0.3) is 0 Å². The van der Waals surface area contributed by atoms with Gasteiger partial charge in [-0.25, -0.2) is 0 Å². The van der Waals surface area contributed by atoms with Crippen molar-refractivity contribution >= 4 is 12.3 Å². The maximum atomic E-state index is 11.8. The zero-order valence-electron chi connectivity index (χ0n) is 12.9. The average Bonchev–Trinajstić information content (AvgIpc) is 2.59. The topological polar surface area (TPSA) is 61.8 Å². The first kappa shape index (κ1) is 16.5. The van der Waals surface area contributed by atoms with Crippen molar-refractivity contribution in [3.8, 4) is 17.2 Å². The first-order valence-electron chi connectivity index (χ1n) is 7.24. The van der Waals surface area contributed by atoms with Crippen molar-refractivity contribution in [1.29, 1.82) is 0 Å². The number of hydrogen-bond donors (Lipinski definition) is 0. The predicted octanol–water partition coefficient (Wildman–Crippen LogP) is 3.27. The van der Waals surface area contributed by atoms with Crippen molar-refractivity contribution < 1.29 is 23.8 Å². The van der Waals surface area contributed by atoms with E-state index in [0.717, 1.165) is 5.75 Å². The molecule has 0 atom stereocenters. The molecule has 0 saturated heterocycles. The Balaban J connectivity index is 1.73. The number of esters is 1. The van der Waals surface area contributed by atoms with Crippen LogP contribution in [-0.4, -0.2) is 26.0 Å². The number of rotatable bonds is 8. The quantitative estimate of drug-likeness (QED) is 0.324. The highest BCUT2D eigenvalue weighted by molar-refractivity contribution is 5.82. The molecule has 0 heterocycles. The zero-order valence-corrected chi connectivity index (χ0v) is 12.9. The molecule has 23 heavy (non-hydrogen) atoms. The second kappa shape index (κ2) is 8.58. The van der Waals surface area contributed by atoms with Crippen LogP contribution in [0.3, 0.4) is 0 Å². The van der Waals surface area contributed by atoms with Crippen molar-refractivity contribution in [2.24, 2.45) is 0 Å². The van der Waals surface area contributed by atoms with Crippen LogP contribution in [0.4, 0.5) is 0 Å². The molecule has 5 nitrogen and oxygen atoms in total. The van der Waals surface area contributed by atoms with Crippen LogP contribution in [0.1, 0.15) is 23.2 Å². The largest absolute Gasteiger partial charge is 0.497 e. The second-order valence-electron chi connectivity index (χ2n) is 4.76. The van der Waals surface area contributed by atoms with Crippen LogP contribution in [0.5, 0.6) is 17.2 Å². The molecular formula is C18H18O5. The number of benzene rings is 2. The minimum absolute atomic E-state index is 0.212. The van der Waals surface area contributed by atoms with Gasteiger partial charge >= 0.3 is 5.97 Å². The molecule has 0 aliphatic carbocycles. The highest BCUT2D eigenvalue weighted by atomic mass is 16.5. The molecule has 120 valence electrons. The van der Waals surface area contributed by atoms with E-state index in [2.05, 4.69) is 0 Å². The van der Waals surface area contributed by atoms with Crippen molar-refractivity contribution in [3.05, 3.63) is 54.1 Å². The number of hydrogen-bond acceptors (Lipinski definition) is 5. The summed E-state index contributed by atoms with van der Waals surface area (Å²) in [4.78, 5) is 22.6. The van der Waals surface area contributed by atoms with Gasteiger partial charge in [0.2, 0.25) is 0 Å². The van der Waals surface area contributed by atoms with Gasteiger partial charge in [-0.15, -0.1) is 0 Å². The molecule has 0 bridgehead atoms. The number of methoxy groups -OCH3 is 1. The van der Waals surface area contributed by atoms with Crippen LogP contribution >= 0.6 is 0 Å². The molecule has 2 aromatic rings. The molecule has 0 spiro atoms. The molecule has 0 radical (unpaired) electrons. The van der Waals surface area contributed by atoms with E-state index in [4.69, 9.17) is 14.2 Å². The summed E-state index contributed by atoms with van der Waals surface area (Å²) < 4.78 is 15.8. The Morgan fingerprint density at radius 2 is 1.74 bits per heavy atom. The number of carbonyl (C=O) groups is 2. The normalized spacial score (nSPS) is 9.96. The fourth-order valence-corrected chi connectivity index (χ4v) is 1.92. The van der Waals surface area contributed by atoms with Gasteiger partial charge < -0.3 is 14.2 Å². The van der Waals surface area contributed by atoms with Gasteiger partial charge in [-0.1, -0.05) is 12.1 Å². The molecule has 5 heteroatoms. The van der Waals surface area contributed by atoms with Crippen LogP contribution in [0.2, 0.25) is 0 Å². The van der Waals surface area contributed by atoms with E-state index < -0.39 is 5.97 Å². The fourth-order valence-electron chi connectivity index (χ4n) is 1.92. The highest BCUT2D eigenvalue weighted by Gasteiger charge is 2.08. The molecule has 0 N–H and O–H groups in total. The van der Waals surface area contributed by atoms with Crippen LogP contribution in [0.15, 0.2) is 48.5 Å². The summed E-state index contributed by atoms with van der Waals surface area (Å²) in [6, 6.07) is 13.8. The van der Waals surface area contributed by atoms with E-state index in [1.807, 2.05) is 0 Å². The van der Waals surface area contributed by atoms with Crippen LogP contribution in [-0.2, 0) is 4.79 Å². The lowest BCUT2D eigenvalue weighted by molar-refractivity contribution is -0.134. The lowest BCUT2D eigenvalue weighted by Crippen LogP contribution is -2.11. The van der Waals surface area contributed by atoms with Crippen molar-refractivity contribution in [2.75, 3.05) is 13.7 Å². The molecule has 0 fully saturated rings. The molecule has 0 aromatic heterocycles. The summed E-state index contributed by atoms with van der Waals surface area (Å²) in [6.45, 7) is 0.400. The number of aldehydes is 1. The summed E-state index contributed by atoms with van der Waals surface area (Å²) in [5.41, 5.74) is 0.357. The molecule has 0 aliphatic rings. The molecule has 0 saturated carbocycles. The smallest absolute Gasteiger partial charge is 0.311 e. The summed E-state index contributed by atoms with van der Waals surface area (Å²) in [5.74, 6) is 1.36. The second-order valence-corrected chi connectivity index (χ2v) is 4.76. The Hall–Kier alpha value is -2.82. The number of ether oxygens (including phenoxy) is 3. The third kappa shape index (κ3) is 5.14.